The number of nitrogens with two attached hydrogens (primary N) is 1. The second-order valence-electron chi connectivity index (χ2n) is 4.79. The molecule has 1 saturated carbocycles. The maximum atomic E-state index is 5.64. The predicted molar refractivity (Wildman–Crippen MR) is 75.2 cm³/mol. The van der Waals surface area contributed by atoms with Gasteiger partial charge in [-0.3, -0.25) is 0 Å². The molecule has 0 heterocycles. The highest BCUT2D eigenvalue weighted by Gasteiger charge is 2.35. The van der Waals surface area contributed by atoms with E-state index in [1.807, 2.05) is 12.1 Å². The van der Waals surface area contributed by atoms with E-state index in [1.54, 1.807) is 21.3 Å². The average Bonchev–Trinajstić information content (AvgIpc) is 3.22. The minimum atomic E-state index is 0.613. The largest absolute Gasteiger partial charge is 0.493 e. The number of rotatable bonds is 7. The van der Waals surface area contributed by atoms with Gasteiger partial charge in [0.05, 0.1) is 21.3 Å². The second-order valence-corrected chi connectivity index (χ2v) is 4.79. The molecule has 0 radical (unpaired) electrons. The molecule has 5 nitrogen and oxygen atoms in total. The fraction of sp³-hybridized carbons (Fsp3) is 0.571. The van der Waals surface area contributed by atoms with Gasteiger partial charge in [-0.15, -0.1) is 0 Å². The van der Waals surface area contributed by atoms with Crippen LogP contribution in [0.1, 0.15) is 6.42 Å². The molecule has 2 atom stereocenters. The highest BCUT2D eigenvalue weighted by Crippen LogP contribution is 2.41. The van der Waals surface area contributed by atoms with Gasteiger partial charge in [-0.25, -0.2) is 0 Å². The minimum Gasteiger partial charge on any atom is -0.493 e. The zero-order valence-corrected chi connectivity index (χ0v) is 11.7. The molecule has 0 amide bonds. The van der Waals surface area contributed by atoms with Gasteiger partial charge in [-0.05, 0) is 24.8 Å². The third kappa shape index (κ3) is 3.04. The van der Waals surface area contributed by atoms with E-state index >= 15 is 0 Å². The topological polar surface area (TPSA) is 65.7 Å². The van der Waals surface area contributed by atoms with Gasteiger partial charge in [0.25, 0.3) is 0 Å². The molecular formula is C14H22N2O3. The Kier molecular flexibility index (Phi) is 4.37. The van der Waals surface area contributed by atoms with Crippen LogP contribution in [-0.4, -0.2) is 34.4 Å². The van der Waals surface area contributed by atoms with E-state index < -0.39 is 0 Å². The fourth-order valence-corrected chi connectivity index (χ4v) is 2.28. The van der Waals surface area contributed by atoms with Crippen molar-refractivity contribution in [3.63, 3.8) is 0 Å². The Hall–Kier alpha value is -1.62. The quantitative estimate of drug-likeness (QED) is 0.786. The van der Waals surface area contributed by atoms with Gasteiger partial charge in [0.1, 0.15) is 0 Å². The summed E-state index contributed by atoms with van der Waals surface area (Å²) in [6, 6.07) is 3.84. The molecule has 0 bridgehead atoms. The summed E-state index contributed by atoms with van der Waals surface area (Å²) in [5, 5.41) is 3.40. The summed E-state index contributed by atoms with van der Waals surface area (Å²) in [5.74, 6) is 3.30. The first kappa shape index (κ1) is 13.8. The molecule has 0 unspecified atom stereocenters. The van der Waals surface area contributed by atoms with Gasteiger partial charge >= 0.3 is 0 Å². The molecule has 19 heavy (non-hydrogen) atoms. The molecule has 1 fully saturated rings. The molecule has 0 aliphatic heterocycles. The summed E-state index contributed by atoms with van der Waals surface area (Å²) in [7, 11) is 4.84. The van der Waals surface area contributed by atoms with Crippen molar-refractivity contribution in [1.29, 1.82) is 0 Å². The number of benzene rings is 1. The van der Waals surface area contributed by atoms with Crippen molar-refractivity contribution in [1.82, 2.24) is 0 Å². The van der Waals surface area contributed by atoms with Crippen LogP contribution in [0.4, 0.5) is 5.69 Å². The van der Waals surface area contributed by atoms with Crippen LogP contribution in [0, 0.1) is 11.8 Å². The van der Waals surface area contributed by atoms with Crippen LogP contribution < -0.4 is 25.3 Å². The molecule has 106 valence electrons. The van der Waals surface area contributed by atoms with E-state index in [1.165, 1.54) is 6.42 Å². The monoisotopic (exact) mass is 266 g/mol. The number of anilines is 1. The second kappa shape index (κ2) is 6.02. The highest BCUT2D eigenvalue weighted by molar-refractivity contribution is 5.62. The van der Waals surface area contributed by atoms with E-state index in [0.29, 0.717) is 29.1 Å². The standard InChI is InChI=1S/C14H22N2O3/c1-17-12-5-11(6-13(18-2)14(12)19-3)16-8-10-4-9(10)7-15/h5-6,9-10,16H,4,7-8,15H2,1-3H3/t9-,10+/m1/s1. The van der Waals surface area contributed by atoms with Gasteiger partial charge in [-0.2, -0.15) is 0 Å². The third-order valence-electron chi connectivity index (χ3n) is 3.60. The van der Waals surface area contributed by atoms with Gasteiger partial charge < -0.3 is 25.3 Å². The lowest BCUT2D eigenvalue weighted by atomic mass is 10.2. The molecule has 5 heteroatoms. The summed E-state index contributed by atoms with van der Waals surface area (Å²) < 4.78 is 15.9. The van der Waals surface area contributed by atoms with Crippen LogP contribution in [0.5, 0.6) is 17.2 Å². The molecule has 0 spiro atoms. The molecule has 1 aliphatic rings. The normalized spacial score (nSPS) is 20.8. The number of methoxy groups -OCH3 is 3. The van der Waals surface area contributed by atoms with Crippen molar-refractivity contribution in [2.45, 2.75) is 6.42 Å². The van der Waals surface area contributed by atoms with Crippen LogP contribution >= 0.6 is 0 Å². The molecule has 1 aliphatic carbocycles. The number of nitrogens with one attached hydrogen (secondary N) is 1. The number of hydrogen-bond donors (Lipinski definition) is 2. The van der Waals surface area contributed by atoms with Gasteiger partial charge in [0.15, 0.2) is 11.5 Å². The Morgan fingerprint density at radius 3 is 2.16 bits per heavy atom. The smallest absolute Gasteiger partial charge is 0.203 e. The van der Waals surface area contributed by atoms with Crippen LogP contribution in [0.25, 0.3) is 0 Å². The summed E-state index contributed by atoms with van der Waals surface area (Å²) in [4.78, 5) is 0. The highest BCUT2D eigenvalue weighted by atomic mass is 16.5. The molecule has 0 aromatic heterocycles. The van der Waals surface area contributed by atoms with E-state index in [4.69, 9.17) is 19.9 Å². The fourth-order valence-electron chi connectivity index (χ4n) is 2.28. The van der Waals surface area contributed by atoms with Gasteiger partial charge in [-0.1, -0.05) is 0 Å². The van der Waals surface area contributed by atoms with Gasteiger partial charge in [0, 0.05) is 24.4 Å². The Morgan fingerprint density at radius 1 is 1.11 bits per heavy atom. The van der Waals surface area contributed by atoms with Gasteiger partial charge in [0.2, 0.25) is 5.75 Å². The molecule has 1 aromatic rings. The van der Waals surface area contributed by atoms with Crippen molar-refractivity contribution in [3.05, 3.63) is 12.1 Å². The number of hydrogen-bond acceptors (Lipinski definition) is 5. The lowest BCUT2D eigenvalue weighted by Crippen LogP contribution is -2.09. The lowest BCUT2D eigenvalue weighted by Gasteiger charge is -2.15. The molecule has 1 aromatic carbocycles. The zero-order valence-electron chi connectivity index (χ0n) is 11.7. The van der Waals surface area contributed by atoms with E-state index in [-0.39, 0.29) is 0 Å². The Balaban J connectivity index is 2.08. The Morgan fingerprint density at radius 2 is 1.74 bits per heavy atom. The van der Waals surface area contributed by atoms with Crippen molar-refractivity contribution in [2.75, 3.05) is 39.7 Å². The maximum Gasteiger partial charge on any atom is 0.203 e. The zero-order chi connectivity index (χ0) is 13.8. The van der Waals surface area contributed by atoms with Crippen LogP contribution in [-0.2, 0) is 0 Å². The average molecular weight is 266 g/mol. The van der Waals surface area contributed by atoms with E-state index in [9.17, 15) is 0 Å². The third-order valence-corrected chi connectivity index (χ3v) is 3.60. The van der Waals surface area contributed by atoms with Crippen molar-refractivity contribution < 1.29 is 14.2 Å². The SMILES string of the molecule is COc1cc(NC[C@@H]2C[C@@H]2CN)cc(OC)c1OC. The Bertz CT molecular complexity index is 412. The first-order valence-corrected chi connectivity index (χ1v) is 6.47. The maximum absolute atomic E-state index is 5.64. The first-order chi connectivity index (χ1) is 9.23. The van der Waals surface area contributed by atoms with Crippen LogP contribution in [0.3, 0.4) is 0 Å². The number of ether oxygens (including phenoxy) is 3. The van der Waals surface area contributed by atoms with Crippen LogP contribution in [0.15, 0.2) is 12.1 Å². The first-order valence-electron chi connectivity index (χ1n) is 6.47. The molecule has 2 rings (SSSR count). The summed E-state index contributed by atoms with van der Waals surface area (Å²) >= 11 is 0. The van der Waals surface area contributed by atoms with Crippen molar-refractivity contribution in [3.8, 4) is 17.2 Å². The Labute approximate surface area is 114 Å². The molecule has 0 saturated heterocycles. The van der Waals surface area contributed by atoms with E-state index in [0.717, 1.165) is 18.8 Å². The summed E-state index contributed by atoms with van der Waals surface area (Å²) in [6.07, 6.45) is 1.22. The summed E-state index contributed by atoms with van der Waals surface area (Å²) in [5.41, 5.74) is 6.61. The van der Waals surface area contributed by atoms with Crippen molar-refractivity contribution >= 4 is 5.69 Å². The molecular weight excluding hydrogens is 244 g/mol. The summed E-state index contributed by atoms with van der Waals surface area (Å²) in [6.45, 7) is 1.71. The van der Waals surface area contributed by atoms with Crippen molar-refractivity contribution in [2.24, 2.45) is 17.6 Å². The minimum absolute atomic E-state index is 0.613. The predicted octanol–water partition coefficient (Wildman–Crippen LogP) is 1.72. The van der Waals surface area contributed by atoms with E-state index in [2.05, 4.69) is 5.32 Å². The van der Waals surface area contributed by atoms with Crippen LogP contribution in [0.2, 0.25) is 0 Å². The molecule has 3 N–H and O–H groups in total. The lowest BCUT2D eigenvalue weighted by molar-refractivity contribution is 0.324.